The highest BCUT2D eigenvalue weighted by molar-refractivity contribution is 6.33. The third-order valence-electron chi connectivity index (χ3n) is 3.31. The number of ether oxygens (including phenoxy) is 1. The Morgan fingerprint density at radius 1 is 1.35 bits per heavy atom. The van der Waals surface area contributed by atoms with Gasteiger partial charge in [0.2, 0.25) is 0 Å². The standard InChI is InChI=1S/C11H11ClFN3O4/c12-9-6-4(13)1-16(10(6)15-3-14-9)11-8(19)7(18)5(2-17)20-11/h1,3,5,7-8,11,17-19H,2H2/t5-,7?,8?,11?/m1/s1. The number of fused-ring (bicyclic) bond motifs is 1. The van der Waals surface area contributed by atoms with Gasteiger partial charge in [0.15, 0.2) is 12.0 Å². The van der Waals surface area contributed by atoms with Crippen molar-refractivity contribution in [2.75, 3.05) is 6.61 Å². The Kier molecular flexibility index (Phi) is 3.35. The third-order valence-corrected chi connectivity index (χ3v) is 3.59. The average molecular weight is 304 g/mol. The van der Waals surface area contributed by atoms with Gasteiger partial charge in [-0.15, -0.1) is 0 Å². The van der Waals surface area contributed by atoms with Gasteiger partial charge in [0.1, 0.15) is 35.4 Å². The van der Waals surface area contributed by atoms with E-state index in [0.717, 1.165) is 12.5 Å². The van der Waals surface area contributed by atoms with Gasteiger partial charge in [-0.3, -0.25) is 0 Å². The smallest absolute Gasteiger partial charge is 0.164 e. The van der Waals surface area contributed by atoms with Crippen LogP contribution in [0.1, 0.15) is 6.23 Å². The second-order valence-electron chi connectivity index (χ2n) is 4.48. The molecule has 0 aliphatic carbocycles. The Balaban J connectivity index is 2.10. The number of rotatable bonds is 2. The molecule has 0 bridgehead atoms. The molecule has 1 saturated heterocycles. The molecule has 3 heterocycles. The van der Waals surface area contributed by atoms with E-state index in [0.29, 0.717) is 0 Å². The Labute approximate surface area is 117 Å². The Morgan fingerprint density at radius 2 is 2.10 bits per heavy atom. The van der Waals surface area contributed by atoms with Gasteiger partial charge >= 0.3 is 0 Å². The van der Waals surface area contributed by atoms with Crippen molar-refractivity contribution in [3.8, 4) is 0 Å². The maximum atomic E-state index is 13.9. The normalized spacial score (nSPS) is 30.2. The van der Waals surface area contributed by atoms with Gasteiger partial charge in [-0.25, -0.2) is 14.4 Å². The topological polar surface area (TPSA) is 101 Å². The molecule has 1 aliphatic rings. The van der Waals surface area contributed by atoms with Crippen molar-refractivity contribution in [3.05, 3.63) is 23.5 Å². The monoisotopic (exact) mass is 303 g/mol. The number of hydrogen-bond acceptors (Lipinski definition) is 6. The van der Waals surface area contributed by atoms with Gasteiger partial charge in [-0.1, -0.05) is 11.6 Å². The van der Waals surface area contributed by atoms with Gasteiger partial charge in [0, 0.05) is 6.20 Å². The van der Waals surface area contributed by atoms with Gasteiger partial charge in [0.05, 0.1) is 12.0 Å². The lowest BCUT2D eigenvalue weighted by atomic mass is 10.1. The van der Waals surface area contributed by atoms with Crippen LogP contribution in [-0.4, -0.2) is 54.8 Å². The van der Waals surface area contributed by atoms with Crippen LogP contribution in [0.5, 0.6) is 0 Å². The van der Waals surface area contributed by atoms with Crippen LogP contribution in [0.3, 0.4) is 0 Å². The van der Waals surface area contributed by atoms with E-state index in [-0.39, 0.29) is 16.2 Å². The zero-order valence-corrected chi connectivity index (χ0v) is 10.8. The first-order valence-corrected chi connectivity index (χ1v) is 6.21. The molecule has 2 aromatic rings. The number of nitrogens with zero attached hydrogens (tertiary/aromatic N) is 3. The van der Waals surface area contributed by atoms with Gasteiger partial charge < -0.3 is 24.6 Å². The van der Waals surface area contributed by atoms with Crippen LogP contribution < -0.4 is 0 Å². The molecule has 9 heteroatoms. The maximum Gasteiger partial charge on any atom is 0.164 e. The summed E-state index contributed by atoms with van der Waals surface area (Å²) in [5, 5.41) is 28.7. The van der Waals surface area contributed by atoms with Crippen molar-refractivity contribution in [1.29, 1.82) is 0 Å². The Hall–Kier alpha value is -1.32. The van der Waals surface area contributed by atoms with E-state index >= 15 is 0 Å². The second kappa shape index (κ2) is 4.90. The molecule has 3 unspecified atom stereocenters. The fraction of sp³-hybridized carbons (Fsp3) is 0.455. The molecular weight excluding hydrogens is 293 g/mol. The number of halogens is 2. The van der Waals surface area contributed by atoms with Crippen LogP contribution in [0.25, 0.3) is 11.0 Å². The number of hydrogen-bond donors (Lipinski definition) is 3. The number of aliphatic hydroxyl groups excluding tert-OH is 3. The molecule has 2 aromatic heterocycles. The van der Waals surface area contributed by atoms with Crippen LogP contribution >= 0.6 is 11.6 Å². The SMILES string of the molecule is OC[C@H]1OC(n2cc(F)c3c(Cl)ncnc32)C(O)C1O. The molecule has 0 saturated carbocycles. The molecule has 108 valence electrons. The predicted molar refractivity (Wildman–Crippen MR) is 65.5 cm³/mol. The van der Waals surface area contributed by atoms with E-state index in [9.17, 15) is 14.6 Å². The third kappa shape index (κ3) is 1.88. The summed E-state index contributed by atoms with van der Waals surface area (Å²) >= 11 is 5.81. The quantitative estimate of drug-likeness (QED) is 0.666. The highest BCUT2D eigenvalue weighted by Crippen LogP contribution is 2.34. The first-order valence-electron chi connectivity index (χ1n) is 5.83. The van der Waals surface area contributed by atoms with E-state index in [1.54, 1.807) is 0 Å². The van der Waals surface area contributed by atoms with Gasteiger partial charge in [-0.05, 0) is 0 Å². The molecule has 7 nitrogen and oxygen atoms in total. The summed E-state index contributed by atoms with van der Waals surface area (Å²) in [5.41, 5.74) is 0.136. The largest absolute Gasteiger partial charge is 0.394 e. The summed E-state index contributed by atoms with van der Waals surface area (Å²) < 4.78 is 20.4. The van der Waals surface area contributed by atoms with Gasteiger partial charge in [-0.2, -0.15) is 0 Å². The van der Waals surface area contributed by atoms with Crippen LogP contribution in [0.4, 0.5) is 4.39 Å². The molecule has 0 spiro atoms. The van der Waals surface area contributed by atoms with Crippen LogP contribution in [-0.2, 0) is 4.74 Å². The van der Waals surface area contributed by atoms with E-state index in [2.05, 4.69) is 9.97 Å². The molecule has 1 aliphatic heterocycles. The van der Waals surface area contributed by atoms with Crippen molar-refractivity contribution >= 4 is 22.6 Å². The lowest BCUT2D eigenvalue weighted by molar-refractivity contribution is -0.0510. The second-order valence-corrected chi connectivity index (χ2v) is 4.83. The van der Waals surface area contributed by atoms with E-state index in [1.165, 1.54) is 4.57 Å². The van der Waals surface area contributed by atoms with E-state index < -0.39 is 37.0 Å². The summed E-state index contributed by atoms with van der Waals surface area (Å²) in [6.07, 6.45) is -2.40. The number of aromatic nitrogens is 3. The Morgan fingerprint density at radius 3 is 2.75 bits per heavy atom. The fourth-order valence-electron chi connectivity index (χ4n) is 2.31. The molecule has 1 fully saturated rings. The fourth-order valence-corrected chi connectivity index (χ4v) is 2.53. The summed E-state index contributed by atoms with van der Waals surface area (Å²) in [7, 11) is 0. The lowest BCUT2D eigenvalue weighted by Crippen LogP contribution is -2.33. The molecule has 3 rings (SSSR count). The molecule has 0 radical (unpaired) electrons. The van der Waals surface area contributed by atoms with E-state index in [4.69, 9.17) is 21.4 Å². The minimum Gasteiger partial charge on any atom is -0.394 e. The van der Waals surface area contributed by atoms with Crippen molar-refractivity contribution in [2.45, 2.75) is 24.5 Å². The Bertz CT molecular complexity index is 652. The first-order chi connectivity index (χ1) is 9.54. The van der Waals surface area contributed by atoms with Crippen LogP contribution in [0, 0.1) is 5.82 Å². The minimum atomic E-state index is -1.32. The van der Waals surface area contributed by atoms with Crippen LogP contribution in [0.2, 0.25) is 5.15 Å². The summed E-state index contributed by atoms with van der Waals surface area (Å²) in [6, 6.07) is 0. The number of aliphatic hydroxyl groups is 3. The molecule has 3 N–H and O–H groups in total. The summed E-state index contributed by atoms with van der Waals surface area (Å²) in [5.74, 6) is -0.664. The van der Waals surface area contributed by atoms with Gasteiger partial charge in [0.25, 0.3) is 0 Å². The maximum absolute atomic E-state index is 13.9. The highest BCUT2D eigenvalue weighted by atomic mass is 35.5. The van der Waals surface area contributed by atoms with Crippen molar-refractivity contribution < 1.29 is 24.4 Å². The molecule has 0 aromatic carbocycles. The zero-order valence-electron chi connectivity index (χ0n) is 10.0. The van der Waals surface area contributed by atoms with Crippen molar-refractivity contribution in [2.24, 2.45) is 0 Å². The molecule has 20 heavy (non-hydrogen) atoms. The molecule has 4 atom stereocenters. The zero-order chi connectivity index (χ0) is 14.4. The van der Waals surface area contributed by atoms with Crippen molar-refractivity contribution in [1.82, 2.24) is 14.5 Å². The molecule has 0 amide bonds. The lowest BCUT2D eigenvalue weighted by Gasteiger charge is -2.16. The van der Waals surface area contributed by atoms with Crippen molar-refractivity contribution in [3.63, 3.8) is 0 Å². The van der Waals surface area contributed by atoms with Crippen LogP contribution in [0.15, 0.2) is 12.5 Å². The minimum absolute atomic E-state index is 0.00639. The first kappa shape index (κ1) is 13.7. The molecular formula is C11H11ClFN3O4. The summed E-state index contributed by atoms with van der Waals surface area (Å²) in [6.45, 7) is -0.466. The summed E-state index contributed by atoms with van der Waals surface area (Å²) in [4.78, 5) is 7.59. The average Bonchev–Trinajstić information content (AvgIpc) is 2.90. The predicted octanol–water partition coefficient (Wildman–Crippen LogP) is -0.165. The van der Waals surface area contributed by atoms with E-state index in [1.807, 2.05) is 0 Å². The highest BCUT2D eigenvalue weighted by Gasteiger charge is 2.44.